The second kappa shape index (κ2) is 6.10. The maximum absolute atomic E-state index is 12.1. The van der Waals surface area contributed by atoms with Crippen LogP contribution in [0, 0.1) is 5.41 Å². The highest BCUT2D eigenvalue weighted by molar-refractivity contribution is 7.80. The number of hydroxylamine groups is 2. The topological polar surface area (TPSA) is 183 Å². The van der Waals surface area contributed by atoms with Gasteiger partial charge < -0.3 is 16.0 Å². The molecule has 0 aromatic rings. The maximum Gasteiger partial charge on any atom is 0.418 e. The summed E-state index contributed by atoms with van der Waals surface area (Å²) in [6, 6.07) is -2.23. The number of piperidine rings is 1. The van der Waals surface area contributed by atoms with E-state index in [1.165, 1.54) is 0 Å². The van der Waals surface area contributed by atoms with Gasteiger partial charge in [0.15, 0.2) is 0 Å². The fourth-order valence-corrected chi connectivity index (χ4v) is 2.96. The van der Waals surface area contributed by atoms with Crippen molar-refractivity contribution in [3.05, 3.63) is 0 Å². The number of nitrogens with two attached hydrogens (primary N) is 1. The molecule has 2 rings (SSSR count). The molecule has 0 unspecified atom stereocenters. The molecular formula is C10H15N5O7S. The molecule has 2 aliphatic heterocycles. The normalized spacial score (nSPS) is 23.8. The zero-order valence-corrected chi connectivity index (χ0v) is 12.6. The second-order valence-corrected chi connectivity index (χ2v) is 6.12. The summed E-state index contributed by atoms with van der Waals surface area (Å²) in [5.74, 6) is -1.94. The molecule has 2 heterocycles. The molecule has 0 spiro atoms. The number of nitrogens with zero attached hydrogens (tertiary/aromatic N) is 2. The Bertz CT molecular complexity index is 663. The summed E-state index contributed by atoms with van der Waals surface area (Å²) in [5, 5.41) is 10.5. The molecular weight excluding hydrogens is 334 g/mol. The summed E-state index contributed by atoms with van der Waals surface area (Å²) >= 11 is 0. The van der Waals surface area contributed by atoms with Crippen LogP contribution in [-0.2, 0) is 24.3 Å². The maximum atomic E-state index is 12.1. The van der Waals surface area contributed by atoms with Gasteiger partial charge in [-0.2, -0.15) is 13.5 Å². The quantitative estimate of drug-likeness (QED) is 0.191. The molecule has 0 radical (unpaired) electrons. The summed E-state index contributed by atoms with van der Waals surface area (Å²) in [7, 11) is -4.85. The van der Waals surface area contributed by atoms with Crippen LogP contribution in [0.4, 0.5) is 4.79 Å². The zero-order chi connectivity index (χ0) is 17.4. The lowest BCUT2D eigenvalue weighted by Crippen LogP contribution is -2.51. The first-order chi connectivity index (χ1) is 10.6. The van der Waals surface area contributed by atoms with Gasteiger partial charge in [0.1, 0.15) is 12.3 Å². The van der Waals surface area contributed by atoms with Crippen LogP contribution < -0.4 is 11.1 Å². The van der Waals surface area contributed by atoms with Gasteiger partial charge in [-0.1, -0.05) is 0 Å². The van der Waals surface area contributed by atoms with E-state index in [0.29, 0.717) is 11.5 Å². The van der Waals surface area contributed by atoms with Crippen molar-refractivity contribution in [2.24, 2.45) is 5.73 Å². The second-order valence-electron chi connectivity index (χ2n) is 5.11. The van der Waals surface area contributed by atoms with Crippen LogP contribution in [-0.4, -0.2) is 65.2 Å². The molecule has 2 fully saturated rings. The van der Waals surface area contributed by atoms with Crippen LogP contribution in [0.25, 0.3) is 0 Å². The molecule has 2 atom stereocenters. The SMILES string of the molecule is N=C(NC(=O)CC(N)=O)[C@@H]1CC[C@@H]2CN1C(=O)N2OS(=O)(=O)O. The highest BCUT2D eigenvalue weighted by Gasteiger charge is 2.48. The van der Waals surface area contributed by atoms with Gasteiger partial charge in [-0.25, -0.2) is 4.79 Å². The minimum atomic E-state index is -4.85. The van der Waals surface area contributed by atoms with Gasteiger partial charge in [-0.05, 0) is 12.8 Å². The third-order valence-corrected chi connectivity index (χ3v) is 3.79. The monoisotopic (exact) mass is 349 g/mol. The number of urea groups is 1. The van der Waals surface area contributed by atoms with E-state index in [2.05, 4.69) is 9.60 Å². The molecule has 128 valence electrons. The van der Waals surface area contributed by atoms with Crippen LogP contribution in [0.3, 0.4) is 0 Å². The van der Waals surface area contributed by atoms with Gasteiger partial charge in [0.2, 0.25) is 11.8 Å². The molecule has 13 heteroatoms. The average Bonchev–Trinajstić information content (AvgIpc) is 2.61. The van der Waals surface area contributed by atoms with E-state index in [-0.39, 0.29) is 18.8 Å². The van der Waals surface area contributed by atoms with Crippen molar-refractivity contribution < 1.29 is 31.6 Å². The molecule has 12 nitrogen and oxygen atoms in total. The van der Waals surface area contributed by atoms with Gasteiger partial charge in [0.25, 0.3) is 0 Å². The number of rotatable bonds is 5. The minimum absolute atomic E-state index is 0.0765. The summed E-state index contributed by atoms with van der Waals surface area (Å²) in [4.78, 5) is 35.3. The van der Waals surface area contributed by atoms with Crippen LogP contribution in [0.5, 0.6) is 0 Å². The molecule has 23 heavy (non-hydrogen) atoms. The van der Waals surface area contributed by atoms with E-state index in [9.17, 15) is 22.8 Å². The van der Waals surface area contributed by atoms with Crippen molar-refractivity contribution in [3.8, 4) is 0 Å². The van der Waals surface area contributed by atoms with Crippen molar-refractivity contribution in [1.82, 2.24) is 15.3 Å². The third-order valence-electron chi connectivity index (χ3n) is 3.44. The lowest BCUT2D eigenvalue weighted by molar-refractivity contribution is -0.126. The Kier molecular flexibility index (Phi) is 4.53. The smallest absolute Gasteiger partial charge is 0.369 e. The van der Waals surface area contributed by atoms with Crippen molar-refractivity contribution >= 4 is 34.1 Å². The minimum Gasteiger partial charge on any atom is -0.369 e. The van der Waals surface area contributed by atoms with E-state index in [0.717, 1.165) is 4.90 Å². The molecule has 2 aliphatic rings. The number of hydrogen-bond donors (Lipinski definition) is 4. The Morgan fingerprint density at radius 2 is 2.09 bits per heavy atom. The molecule has 0 saturated carbocycles. The molecule has 2 saturated heterocycles. The lowest BCUT2D eigenvalue weighted by Gasteiger charge is -2.30. The Balaban J connectivity index is 2.05. The Hall–Kier alpha value is -2.25. The van der Waals surface area contributed by atoms with Gasteiger partial charge in [-0.15, -0.1) is 4.28 Å². The van der Waals surface area contributed by atoms with Crippen molar-refractivity contribution in [1.29, 1.82) is 5.41 Å². The number of nitrogens with one attached hydrogen (secondary N) is 2. The molecule has 0 aliphatic carbocycles. The summed E-state index contributed by atoms with van der Waals surface area (Å²) in [6.07, 6.45) is -0.0163. The van der Waals surface area contributed by atoms with Gasteiger partial charge in [-0.3, -0.25) is 19.6 Å². The lowest BCUT2D eigenvalue weighted by atomic mass is 10.00. The Labute approximate surface area is 130 Å². The number of carbonyl (C=O) groups is 3. The summed E-state index contributed by atoms with van der Waals surface area (Å²) in [6.45, 7) is 0.0765. The largest absolute Gasteiger partial charge is 0.418 e. The predicted molar refractivity (Wildman–Crippen MR) is 73.1 cm³/mol. The van der Waals surface area contributed by atoms with E-state index < -0.39 is 46.7 Å². The fraction of sp³-hybridized carbons (Fsp3) is 0.600. The van der Waals surface area contributed by atoms with Crippen molar-refractivity contribution in [3.63, 3.8) is 0 Å². The van der Waals surface area contributed by atoms with Gasteiger partial charge >= 0.3 is 16.4 Å². The van der Waals surface area contributed by atoms with Gasteiger partial charge in [0.05, 0.1) is 12.1 Å². The summed E-state index contributed by atoms with van der Waals surface area (Å²) in [5.41, 5.74) is 4.87. The number of amides is 4. The molecule has 5 N–H and O–H groups in total. The van der Waals surface area contributed by atoms with Gasteiger partial charge in [0, 0.05) is 6.54 Å². The van der Waals surface area contributed by atoms with Crippen LogP contribution >= 0.6 is 0 Å². The highest BCUT2D eigenvalue weighted by atomic mass is 32.3. The van der Waals surface area contributed by atoms with Crippen LogP contribution in [0.15, 0.2) is 0 Å². The number of carbonyl (C=O) groups excluding carboxylic acids is 3. The van der Waals surface area contributed by atoms with E-state index in [1.54, 1.807) is 0 Å². The highest BCUT2D eigenvalue weighted by Crippen LogP contribution is 2.30. The number of primary amides is 1. The number of amidine groups is 1. The average molecular weight is 349 g/mol. The van der Waals surface area contributed by atoms with E-state index in [4.69, 9.17) is 15.7 Å². The molecule has 0 aromatic carbocycles. The fourth-order valence-electron chi connectivity index (χ4n) is 2.57. The Morgan fingerprint density at radius 1 is 1.43 bits per heavy atom. The third kappa shape index (κ3) is 3.94. The first-order valence-corrected chi connectivity index (χ1v) is 7.88. The Morgan fingerprint density at radius 3 is 2.65 bits per heavy atom. The summed E-state index contributed by atoms with van der Waals surface area (Å²) < 4.78 is 34.5. The molecule has 4 amide bonds. The van der Waals surface area contributed by atoms with Crippen molar-refractivity contribution in [2.45, 2.75) is 31.3 Å². The first kappa shape index (κ1) is 17.1. The van der Waals surface area contributed by atoms with Crippen LogP contribution in [0.2, 0.25) is 0 Å². The zero-order valence-electron chi connectivity index (χ0n) is 11.8. The number of hydrogen-bond acceptors (Lipinski definition) is 7. The van der Waals surface area contributed by atoms with Crippen molar-refractivity contribution in [2.75, 3.05) is 6.54 Å². The standard InChI is InChI=1S/C10H15N5O7S/c11-7(16)3-8(17)13-9(12)6-2-1-5-4-14(6)10(18)15(5)22-23(19,20)21/h5-6H,1-4H2,(H2,11,16)(H2,12,13,17)(H,19,20,21)/t5-,6+/m1/s1. The van der Waals surface area contributed by atoms with Crippen LogP contribution in [0.1, 0.15) is 19.3 Å². The number of fused-ring (bicyclic) bond motifs is 2. The van der Waals surface area contributed by atoms with E-state index >= 15 is 0 Å². The molecule has 2 bridgehead atoms. The molecule has 0 aromatic heterocycles. The first-order valence-electron chi connectivity index (χ1n) is 6.52. The predicted octanol–water partition coefficient (Wildman–Crippen LogP) is -2.04. The van der Waals surface area contributed by atoms with E-state index in [1.807, 2.05) is 0 Å².